The molecule has 0 bridgehead atoms. The highest BCUT2D eigenvalue weighted by atomic mass is 31.1. The summed E-state index contributed by atoms with van der Waals surface area (Å²) in [6, 6.07) is 12.3. The van der Waals surface area contributed by atoms with Gasteiger partial charge in [0.15, 0.2) is 11.6 Å². The Hall–Kier alpha value is -2.58. The fraction of sp³-hybridized carbons (Fsp3) is 0.294. The largest absolute Gasteiger partial charge is 0.750 e. The molecule has 0 amide bonds. The molecular formula is C17H20N4O5P+. The number of aliphatic hydroxyl groups excluding tert-OH is 1. The second kappa shape index (κ2) is 8.88. The van der Waals surface area contributed by atoms with Crippen LogP contribution in [0.1, 0.15) is 5.69 Å². The molecule has 0 radical (unpaired) electrons. The molecule has 1 aromatic carbocycles. The highest BCUT2D eigenvalue weighted by molar-refractivity contribution is 7.33. The molecule has 0 saturated carbocycles. The van der Waals surface area contributed by atoms with Crippen molar-refractivity contribution in [1.82, 2.24) is 14.6 Å². The van der Waals surface area contributed by atoms with Crippen LogP contribution in [0.15, 0.2) is 48.8 Å². The van der Waals surface area contributed by atoms with E-state index in [0.29, 0.717) is 17.1 Å². The van der Waals surface area contributed by atoms with Crippen molar-refractivity contribution in [3.05, 3.63) is 54.5 Å². The third-order valence-corrected chi connectivity index (χ3v) is 4.70. The molecule has 0 aliphatic carbocycles. The van der Waals surface area contributed by atoms with Gasteiger partial charge in [0.1, 0.15) is 24.6 Å². The van der Waals surface area contributed by atoms with Crippen LogP contribution in [0, 0.1) is 0 Å². The van der Waals surface area contributed by atoms with E-state index in [-0.39, 0.29) is 13.0 Å². The van der Waals surface area contributed by atoms with Gasteiger partial charge in [0.2, 0.25) is 0 Å². The van der Waals surface area contributed by atoms with Crippen LogP contribution < -0.4 is 10.3 Å². The summed E-state index contributed by atoms with van der Waals surface area (Å²) in [5, 5.41) is 14.6. The summed E-state index contributed by atoms with van der Waals surface area (Å²) in [4.78, 5) is 3.93. The van der Waals surface area contributed by atoms with Crippen LogP contribution in [0.2, 0.25) is 0 Å². The Morgan fingerprint density at radius 3 is 2.78 bits per heavy atom. The first kappa shape index (κ1) is 19.2. The number of fused-ring (bicyclic) bond motifs is 1. The molecule has 0 saturated heterocycles. The van der Waals surface area contributed by atoms with Crippen molar-refractivity contribution < 1.29 is 23.5 Å². The van der Waals surface area contributed by atoms with Gasteiger partial charge in [-0.3, -0.25) is 0 Å². The SMILES string of the molecule is CO[C@H](CO[P+](=O)Oc1ccccc1)[C@@H](O)Cc1ccc2c(N)ncnn12. The van der Waals surface area contributed by atoms with E-state index < -0.39 is 20.5 Å². The van der Waals surface area contributed by atoms with Crippen molar-refractivity contribution in [1.29, 1.82) is 0 Å². The second-order valence-corrected chi connectivity index (χ2v) is 6.62. The third kappa shape index (κ3) is 4.78. The van der Waals surface area contributed by atoms with Crippen LogP contribution in [0.4, 0.5) is 5.82 Å². The molecule has 2 heterocycles. The fourth-order valence-corrected chi connectivity index (χ4v) is 3.19. The van der Waals surface area contributed by atoms with Gasteiger partial charge in [-0.15, -0.1) is 4.52 Å². The van der Waals surface area contributed by atoms with Gasteiger partial charge in [0, 0.05) is 23.8 Å². The number of nitrogen functional groups attached to an aromatic ring is 1. The Balaban J connectivity index is 1.58. The van der Waals surface area contributed by atoms with Crippen molar-refractivity contribution in [2.75, 3.05) is 19.5 Å². The molecule has 3 atom stereocenters. The summed E-state index contributed by atoms with van der Waals surface area (Å²) < 4.78 is 29.2. The van der Waals surface area contributed by atoms with Gasteiger partial charge >= 0.3 is 8.25 Å². The number of aliphatic hydroxyl groups is 1. The summed E-state index contributed by atoms with van der Waals surface area (Å²) in [5.74, 6) is 0.789. The zero-order valence-electron chi connectivity index (χ0n) is 14.6. The van der Waals surface area contributed by atoms with Crippen molar-refractivity contribution in [3.63, 3.8) is 0 Å². The number of methoxy groups -OCH3 is 1. The van der Waals surface area contributed by atoms with Crippen molar-refractivity contribution in [2.24, 2.45) is 0 Å². The van der Waals surface area contributed by atoms with Crippen molar-refractivity contribution >= 4 is 19.6 Å². The van der Waals surface area contributed by atoms with Gasteiger partial charge in [-0.05, 0) is 24.3 Å². The summed E-state index contributed by atoms with van der Waals surface area (Å²) in [6.07, 6.45) is -0.0266. The molecule has 1 unspecified atom stereocenters. The van der Waals surface area contributed by atoms with Crippen LogP contribution in [0.3, 0.4) is 0 Å². The second-order valence-electron chi connectivity index (χ2n) is 5.74. The van der Waals surface area contributed by atoms with Crippen molar-refractivity contribution in [3.8, 4) is 5.75 Å². The highest BCUT2D eigenvalue weighted by Gasteiger charge is 2.29. The van der Waals surface area contributed by atoms with Crippen LogP contribution in [-0.2, 0) is 20.2 Å². The molecule has 27 heavy (non-hydrogen) atoms. The van der Waals surface area contributed by atoms with E-state index in [1.807, 2.05) is 6.07 Å². The van der Waals surface area contributed by atoms with E-state index in [2.05, 4.69) is 10.1 Å². The number of para-hydroxylation sites is 1. The summed E-state index contributed by atoms with van der Waals surface area (Å²) in [7, 11) is -0.943. The first-order valence-electron chi connectivity index (χ1n) is 8.19. The fourth-order valence-electron chi connectivity index (χ4n) is 2.57. The molecule has 0 aliphatic rings. The number of hydrogen-bond acceptors (Lipinski definition) is 8. The lowest BCUT2D eigenvalue weighted by atomic mass is 10.1. The zero-order chi connectivity index (χ0) is 19.2. The topological polar surface area (TPSA) is 121 Å². The molecule has 0 spiro atoms. The monoisotopic (exact) mass is 391 g/mol. The number of nitrogens with zero attached hydrogens (tertiary/aromatic N) is 3. The van der Waals surface area contributed by atoms with Gasteiger partial charge < -0.3 is 15.6 Å². The standard InChI is InChI=1S/C17H20N4O5P/c1-24-16(10-25-27(23)26-13-5-3-2-4-6-13)15(22)9-12-7-8-14-17(18)19-11-20-21(12)14/h2-8,11,15-16,22H,9-10H2,1H3,(H2,18,19,20)/q+1/t15-,16+/m0/s1. The smallest absolute Gasteiger partial charge is 0.390 e. The zero-order valence-corrected chi connectivity index (χ0v) is 15.5. The molecule has 142 valence electrons. The lowest BCUT2D eigenvalue weighted by molar-refractivity contribution is -0.0353. The Bertz CT molecular complexity index is 905. The molecule has 0 fully saturated rings. The number of hydrogen-bond donors (Lipinski definition) is 2. The van der Waals surface area contributed by atoms with E-state index in [1.165, 1.54) is 13.4 Å². The van der Waals surface area contributed by atoms with E-state index >= 15 is 0 Å². The molecule has 10 heteroatoms. The Labute approximate surface area is 156 Å². The predicted octanol–water partition coefficient (Wildman–Crippen LogP) is 1.98. The minimum absolute atomic E-state index is 0.0971. The van der Waals surface area contributed by atoms with Gasteiger partial charge in [0.25, 0.3) is 0 Å². The molecule has 2 aromatic heterocycles. The lowest BCUT2D eigenvalue weighted by Gasteiger charge is -2.19. The van der Waals surface area contributed by atoms with Crippen LogP contribution in [0.25, 0.3) is 5.52 Å². The van der Waals surface area contributed by atoms with E-state index in [4.69, 9.17) is 19.5 Å². The molecule has 9 nitrogen and oxygen atoms in total. The van der Waals surface area contributed by atoms with E-state index in [0.717, 1.165) is 5.69 Å². The van der Waals surface area contributed by atoms with E-state index in [9.17, 15) is 9.67 Å². The highest BCUT2D eigenvalue weighted by Crippen LogP contribution is 2.28. The lowest BCUT2D eigenvalue weighted by Crippen LogP contribution is -2.34. The van der Waals surface area contributed by atoms with Crippen LogP contribution in [0.5, 0.6) is 5.75 Å². The minimum Gasteiger partial charge on any atom is -0.390 e. The molecular weight excluding hydrogens is 371 g/mol. The van der Waals surface area contributed by atoms with E-state index in [1.54, 1.807) is 40.9 Å². The molecule has 0 aliphatic heterocycles. The third-order valence-electron chi connectivity index (χ3n) is 3.98. The Morgan fingerprint density at radius 2 is 2.04 bits per heavy atom. The summed E-state index contributed by atoms with van der Waals surface area (Å²) in [5.41, 5.74) is 7.20. The number of nitrogens with two attached hydrogens (primary N) is 1. The predicted molar refractivity (Wildman–Crippen MR) is 98.5 cm³/mol. The molecule has 3 aromatic rings. The number of rotatable bonds is 9. The summed E-state index contributed by atoms with van der Waals surface area (Å²) in [6.45, 7) is -0.0971. The van der Waals surface area contributed by atoms with Gasteiger partial charge in [-0.25, -0.2) is 14.0 Å². The number of anilines is 1. The first-order valence-corrected chi connectivity index (χ1v) is 9.29. The number of aromatic nitrogens is 3. The maximum atomic E-state index is 11.9. The van der Waals surface area contributed by atoms with Gasteiger partial charge in [-0.1, -0.05) is 18.2 Å². The number of ether oxygens (including phenoxy) is 1. The molecule has 3 N–H and O–H groups in total. The van der Waals surface area contributed by atoms with Crippen LogP contribution >= 0.6 is 8.25 Å². The quantitative estimate of drug-likeness (QED) is 0.531. The summed E-state index contributed by atoms with van der Waals surface area (Å²) >= 11 is 0. The number of benzene rings is 1. The normalized spacial score (nSPS) is 14.1. The van der Waals surface area contributed by atoms with Crippen molar-refractivity contribution in [2.45, 2.75) is 18.6 Å². The van der Waals surface area contributed by atoms with Crippen LogP contribution in [-0.4, -0.2) is 45.6 Å². The average Bonchev–Trinajstić information content (AvgIpc) is 3.07. The first-order chi connectivity index (χ1) is 13.1. The maximum absolute atomic E-state index is 11.9. The average molecular weight is 391 g/mol. The minimum atomic E-state index is -2.39. The Morgan fingerprint density at radius 1 is 1.26 bits per heavy atom. The Kier molecular flexibility index (Phi) is 6.31. The maximum Gasteiger partial charge on any atom is 0.750 e. The van der Waals surface area contributed by atoms with Gasteiger partial charge in [-0.2, -0.15) is 5.10 Å². The van der Waals surface area contributed by atoms with Gasteiger partial charge in [0.05, 0.1) is 6.10 Å². The molecule has 3 rings (SSSR count).